The highest BCUT2D eigenvalue weighted by molar-refractivity contribution is 6.32. The zero-order chi connectivity index (χ0) is 18.6. The normalized spacial score (nSPS) is 11.3. The molecule has 0 heterocycles. The highest BCUT2D eigenvalue weighted by Crippen LogP contribution is 2.29. The van der Waals surface area contributed by atoms with Crippen molar-refractivity contribution in [3.63, 3.8) is 0 Å². The van der Waals surface area contributed by atoms with Crippen molar-refractivity contribution in [2.24, 2.45) is 0 Å². The first-order chi connectivity index (χ1) is 11.7. The second-order valence-corrected chi connectivity index (χ2v) is 5.72. The average Bonchev–Trinajstić information content (AvgIpc) is 2.53. The number of nitrogens with zero attached hydrogens (tertiary/aromatic N) is 1. The maximum absolute atomic E-state index is 12.9. The largest absolute Gasteiger partial charge is 0.482 e. The van der Waals surface area contributed by atoms with Crippen LogP contribution in [-0.2, 0) is 17.5 Å². The Labute approximate surface area is 146 Å². The topological polar surface area (TPSA) is 29.5 Å². The number of carbonyl (C=O) groups is 1. The Morgan fingerprint density at radius 2 is 1.92 bits per heavy atom. The van der Waals surface area contributed by atoms with Gasteiger partial charge in [-0.25, -0.2) is 4.39 Å². The lowest BCUT2D eigenvalue weighted by atomic mass is 10.1. The van der Waals surface area contributed by atoms with Gasteiger partial charge in [-0.1, -0.05) is 23.7 Å². The summed E-state index contributed by atoms with van der Waals surface area (Å²) in [7, 11) is 1.44. The number of rotatable bonds is 5. The van der Waals surface area contributed by atoms with E-state index in [1.807, 2.05) is 0 Å². The summed E-state index contributed by atoms with van der Waals surface area (Å²) in [5.74, 6) is -0.855. The van der Waals surface area contributed by atoms with Crippen molar-refractivity contribution in [2.75, 3.05) is 13.7 Å². The van der Waals surface area contributed by atoms with Crippen LogP contribution in [-0.4, -0.2) is 24.5 Å². The third-order valence-electron chi connectivity index (χ3n) is 3.34. The molecule has 0 atom stereocenters. The maximum Gasteiger partial charge on any atom is 0.416 e. The van der Waals surface area contributed by atoms with Crippen LogP contribution in [0.2, 0.25) is 5.02 Å². The second-order valence-electron chi connectivity index (χ2n) is 5.31. The molecule has 0 saturated heterocycles. The first-order valence-electron chi connectivity index (χ1n) is 7.15. The van der Waals surface area contributed by atoms with Gasteiger partial charge in [0.25, 0.3) is 5.91 Å². The van der Waals surface area contributed by atoms with Gasteiger partial charge in [-0.2, -0.15) is 13.2 Å². The van der Waals surface area contributed by atoms with Crippen molar-refractivity contribution in [2.45, 2.75) is 12.7 Å². The highest BCUT2D eigenvalue weighted by atomic mass is 35.5. The molecule has 0 unspecified atom stereocenters. The zero-order valence-corrected chi connectivity index (χ0v) is 13.9. The molecule has 8 heteroatoms. The minimum Gasteiger partial charge on any atom is -0.482 e. The molecule has 3 nitrogen and oxygen atoms in total. The van der Waals surface area contributed by atoms with Gasteiger partial charge in [-0.15, -0.1) is 0 Å². The minimum absolute atomic E-state index is 0.0107. The lowest BCUT2D eigenvalue weighted by Crippen LogP contribution is -2.31. The molecule has 134 valence electrons. The fourth-order valence-corrected chi connectivity index (χ4v) is 2.27. The van der Waals surface area contributed by atoms with E-state index in [1.165, 1.54) is 30.1 Å². The third kappa shape index (κ3) is 5.35. The Morgan fingerprint density at radius 3 is 2.56 bits per heavy atom. The van der Waals surface area contributed by atoms with Crippen molar-refractivity contribution in [1.29, 1.82) is 0 Å². The molecule has 0 N–H and O–H groups in total. The van der Waals surface area contributed by atoms with E-state index >= 15 is 0 Å². The van der Waals surface area contributed by atoms with Gasteiger partial charge in [0.1, 0.15) is 11.6 Å². The summed E-state index contributed by atoms with van der Waals surface area (Å²) in [6.07, 6.45) is -4.44. The molecule has 0 bridgehead atoms. The van der Waals surface area contributed by atoms with Crippen LogP contribution in [0, 0.1) is 5.82 Å². The smallest absolute Gasteiger partial charge is 0.416 e. The molecule has 2 aromatic carbocycles. The number of benzene rings is 2. The summed E-state index contributed by atoms with van der Waals surface area (Å²) in [6, 6.07) is 8.21. The van der Waals surface area contributed by atoms with Gasteiger partial charge in [0, 0.05) is 13.6 Å². The fourth-order valence-electron chi connectivity index (χ4n) is 2.05. The SMILES string of the molecule is CN(Cc1cccc(C(F)(F)F)c1)C(=O)COc1ccc(F)cc1Cl. The third-order valence-corrected chi connectivity index (χ3v) is 3.64. The number of hydrogen-bond acceptors (Lipinski definition) is 2. The quantitative estimate of drug-likeness (QED) is 0.718. The Hall–Kier alpha value is -2.28. The van der Waals surface area contributed by atoms with Crippen LogP contribution in [0.3, 0.4) is 0 Å². The van der Waals surface area contributed by atoms with Gasteiger partial charge in [0.15, 0.2) is 6.61 Å². The van der Waals surface area contributed by atoms with E-state index in [1.54, 1.807) is 0 Å². The van der Waals surface area contributed by atoms with Crippen molar-refractivity contribution in [1.82, 2.24) is 4.90 Å². The van der Waals surface area contributed by atoms with Crippen molar-refractivity contribution in [3.8, 4) is 5.75 Å². The molecular formula is C17H14ClF4NO2. The van der Waals surface area contributed by atoms with Crippen LogP contribution in [0.1, 0.15) is 11.1 Å². The molecule has 0 spiro atoms. The fraction of sp³-hybridized carbons (Fsp3) is 0.235. The first kappa shape index (κ1) is 19.1. The minimum atomic E-state index is -4.44. The molecule has 0 aliphatic heterocycles. The Bertz CT molecular complexity index is 765. The van der Waals surface area contributed by atoms with E-state index in [0.717, 1.165) is 24.3 Å². The lowest BCUT2D eigenvalue weighted by Gasteiger charge is -2.18. The first-order valence-corrected chi connectivity index (χ1v) is 7.52. The van der Waals surface area contributed by atoms with Gasteiger partial charge >= 0.3 is 6.18 Å². The number of amides is 1. The summed E-state index contributed by atoms with van der Waals surface area (Å²) in [6.45, 7) is -0.385. The molecule has 0 fully saturated rings. The van der Waals surface area contributed by atoms with E-state index in [-0.39, 0.29) is 23.9 Å². The summed E-state index contributed by atoms with van der Waals surface area (Å²) < 4.78 is 56.3. The number of hydrogen-bond donors (Lipinski definition) is 0. The summed E-state index contributed by atoms with van der Waals surface area (Å²) in [4.78, 5) is 13.3. The van der Waals surface area contributed by atoms with Crippen molar-refractivity contribution < 1.29 is 27.1 Å². The van der Waals surface area contributed by atoms with Crippen LogP contribution < -0.4 is 4.74 Å². The average molecular weight is 376 g/mol. The van der Waals surface area contributed by atoms with E-state index in [4.69, 9.17) is 16.3 Å². The molecular weight excluding hydrogens is 362 g/mol. The van der Waals surface area contributed by atoms with Gasteiger partial charge in [0.2, 0.25) is 0 Å². The van der Waals surface area contributed by atoms with Gasteiger partial charge < -0.3 is 9.64 Å². The number of ether oxygens (including phenoxy) is 1. The number of halogens is 5. The molecule has 0 aliphatic rings. The van der Waals surface area contributed by atoms with Gasteiger partial charge in [0.05, 0.1) is 10.6 Å². The van der Waals surface area contributed by atoms with E-state index < -0.39 is 23.5 Å². The summed E-state index contributed by atoms with van der Waals surface area (Å²) >= 11 is 5.79. The molecule has 0 radical (unpaired) electrons. The van der Waals surface area contributed by atoms with E-state index in [0.29, 0.717) is 5.56 Å². The molecule has 0 aromatic heterocycles. The van der Waals surface area contributed by atoms with E-state index in [9.17, 15) is 22.4 Å². The number of alkyl halides is 3. The van der Waals surface area contributed by atoms with Gasteiger partial charge in [-0.3, -0.25) is 4.79 Å². The molecule has 2 aromatic rings. The van der Waals surface area contributed by atoms with Crippen molar-refractivity contribution >= 4 is 17.5 Å². The van der Waals surface area contributed by atoms with Crippen molar-refractivity contribution in [3.05, 3.63) is 64.4 Å². The van der Waals surface area contributed by atoms with Crippen LogP contribution in [0.4, 0.5) is 17.6 Å². The van der Waals surface area contributed by atoms with Crippen LogP contribution >= 0.6 is 11.6 Å². The molecule has 0 aliphatic carbocycles. The van der Waals surface area contributed by atoms with Crippen LogP contribution in [0.25, 0.3) is 0 Å². The predicted molar refractivity (Wildman–Crippen MR) is 84.8 cm³/mol. The van der Waals surface area contributed by atoms with E-state index in [2.05, 4.69) is 0 Å². The monoisotopic (exact) mass is 375 g/mol. The predicted octanol–water partition coefficient (Wildman–Crippen LogP) is 4.54. The highest BCUT2D eigenvalue weighted by Gasteiger charge is 2.30. The van der Waals surface area contributed by atoms with Crippen LogP contribution in [0.15, 0.2) is 42.5 Å². The second kappa shape index (κ2) is 7.74. The zero-order valence-electron chi connectivity index (χ0n) is 13.1. The molecule has 1 amide bonds. The molecule has 2 rings (SSSR count). The standard InChI is InChI=1S/C17H14ClF4NO2/c1-23(9-11-3-2-4-12(7-11)17(20,21)22)16(24)10-25-15-6-5-13(19)8-14(15)18/h2-8H,9-10H2,1H3. The van der Waals surface area contributed by atoms with Gasteiger partial charge in [-0.05, 0) is 35.9 Å². The number of carbonyl (C=O) groups excluding carboxylic acids is 1. The Morgan fingerprint density at radius 1 is 1.20 bits per heavy atom. The van der Waals surface area contributed by atoms with Crippen LogP contribution in [0.5, 0.6) is 5.75 Å². The number of likely N-dealkylation sites (N-methyl/N-ethyl adjacent to an activating group) is 1. The summed E-state index contributed by atoms with van der Waals surface area (Å²) in [5.41, 5.74) is -0.439. The lowest BCUT2D eigenvalue weighted by molar-refractivity contribution is -0.137. The summed E-state index contributed by atoms with van der Waals surface area (Å²) in [5, 5.41) is 0.0216. The maximum atomic E-state index is 12.9. The molecule has 25 heavy (non-hydrogen) atoms. The Kier molecular flexibility index (Phi) is 5.89. The Balaban J connectivity index is 1.96. The molecule has 0 saturated carbocycles.